The van der Waals surface area contributed by atoms with Crippen LogP contribution in [0.2, 0.25) is 0 Å². The minimum Gasteiger partial charge on any atom is -0.385 e. The molecule has 0 amide bonds. The Morgan fingerprint density at radius 2 is 1.95 bits per heavy atom. The van der Waals surface area contributed by atoms with E-state index < -0.39 is 5.60 Å². The molecule has 1 heterocycles. The maximum absolute atomic E-state index is 6.02. The quantitative estimate of drug-likeness (QED) is 0.806. The molecule has 2 rings (SSSR count). The Balaban J connectivity index is 2.12. The molecule has 1 aromatic rings. The largest absolute Gasteiger partial charge is 0.385 e. The van der Waals surface area contributed by atoms with E-state index in [1.54, 1.807) is 14.2 Å². The van der Waals surface area contributed by atoms with E-state index in [9.17, 15) is 0 Å². The van der Waals surface area contributed by atoms with Crippen LogP contribution in [0.25, 0.3) is 0 Å². The van der Waals surface area contributed by atoms with Crippen molar-refractivity contribution < 1.29 is 14.0 Å². The Morgan fingerprint density at radius 1 is 1.25 bits per heavy atom. The molecule has 0 aliphatic heterocycles. The maximum atomic E-state index is 6.02. The highest BCUT2D eigenvalue weighted by Crippen LogP contribution is 2.37. The molecule has 6 nitrogen and oxygen atoms in total. The average molecular weight is 283 g/mol. The Labute approximate surface area is 120 Å². The van der Waals surface area contributed by atoms with Gasteiger partial charge in [0.25, 0.3) is 0 Å². The normalized spacial score (nSPS) is 20.6. The molecule has 0 aromatic carbocycles. The fourth-order valence-electron chi connectivity index (χ4n) is 2.76. The molecule has 0 saturated heterocycles. The lowest BCUT2D eigenvalue weighted by molar-refractivity contribution is -0.0365. The number of nitrogens with zero attached hydrogens (tertiary/aromatic N) is 2. The topological polar surface area (TPSA) is 83.4 Å². The Hall–Kier alpha value is -0.980. The molecule has 6 heteroatoms. The van der Waals surface area contributed by atoms with Crippen LogP contribution >= 0.6 is 0 Å². The second kappa shape index (κ2) is 7.15. The lowest BCUT2D eigenvalue weighted by Crippen LogP contribution is -2.29. The van der Waals surface area contributed by atoms with E-state index in [0.29, 0.717) is 24.7 Å². The van der Waals surface area contributed by atoms with E-state index in [1.165, 1.54) is 12.8 Å². The van der Waals surface area contributed by atoms with Gasteiger partial charge in [0.15, 0.2) is 0 Å². The zero-order chi connectivity index (χ0) is 14.4. The molecular formula is C14H25N3O3. The lowest BCUT2D eigenvalue weighted by atomic mass is 9.93. The second-order valence-corrected chi connectivity index (χ2v) is 5.46. The van der Waals surface area contributed by atoms with E-state index >= 15 is 0 Å². The van der Waals surface area contributed by atoms with Crippen molar-refractivity contribution in [2.75, 3.05) is 20.8 Å². The summed E-state index contributed by atoms with van der Waals surface area (Å²) in [7, 11) is 3.38. The SMILES string of the molecule is COCCC(N)c1nc(C2(OC)CCCCCC2)no1. The van der Waals surface area contributed by atoms with Gasteiger partial charge in [-0.3, -0.25) is 0 Å². The van der Waals surface area contributed by atoms with Crippen molar-refractivity contribution in [1.82, 2.24) is 10.1 Å². The van der Waals surface area contributed by atoms with E-state index in [-0.39, 0.29) is 6.04 Å². The van der Waals surface area contributed by atoms with Crippen molar-refractivity contribution >= 4 is 0 Å². The number of nitrogens with two attached hydrogens (primary N) is 1. The highest BCUT2D eigenvalue weighted by atomic mass is 16.5. The number of ether oxygens (including phenoxy) is 2. The van der Waals surface area contributed by atoms with Gasteiger partial charge in [-0.2, -0.15) is 4.98 Å². The van der Waals surface area contributed by atoms with E-state index in [1.807, 2.05) is 0 Å². The standard InChI is InChI=1S/C14H25N3O3/c1-18-10-7-11(15)12-16-13(17-20-12)14(19-2)8-5-3-4-6-9-14/h11H,3-10,15H2,1-2H3. The predicted octanol–water partition coefficient (Wildman–Crippen LogP) is 2.30. The highest BCUT2D eigenvalue weighted by molar-refractivity contribution is 5.04. The van der Waals surface area contributed by atoms with Crippen molar-refractivity contribution in [2.24, 2.45) is 5.73 Å². The first-order valence-electron chi connectivity index (χ1n) is 7.35. The van der Waals surface area contributed by atoms with Gasteiger partial charge in [0.2, 0.25) is 11.7 Å². The van der Waals surface area contributed by atoms with Gasteiger partial charge in [0, 0.05) is 20.8 Å². The van der Waals surface area contributed by atoms with Crippen molar-refractivity contribution in [3.05, 3.63) is 11.7 Å². The minimum atomic E-state index is -0.404. The van der Waals surface area contributed by atoms with Crippen molar-refractivity contribution in [1.29, 1.82) is 0 Å². The van der Waals surface area contributed by atoms with Gasteiger partial charge in [0.1, 0.15) is 5.60 Å². The van der Waals surface area contributed by atoms with Crippen LogP contribution in [0.3, 0.4) is 0 Å². The lowest BCUT2D eigenvalue weighted by Gasteiger charge is -2.27. The Kier molecular flexibility index (Phi) is 5.51. The number of rotatable bonds is 6. The molecule has 0 spiro atoms. The van der Waals surface area contributed by atoms with Gasteiger partial charge in [0.05, 0.1) is 6.04 Å². The molecule has 2 N–H and O–H groups in total. The first-order valence-corrected chi connectivity index (χ1v) is 7.35. The first-order chi connectivity index (χ1) is 9.72. The highest BCUT2D eigenvalue weighted by Gasteiger charge is 2.38. The van der Waals surface area contributed by atoms with Crippen molar-refractivity contribution in [2.45, 2.75) is 56.6 Å². The third-order valence-corrected chi connectivity index (χ3v) is 4.10. The van der Waals surface area contributed by atoms with Crippen LogP contribution in [-0.2, 0) is 15.1 Å². The molecule has 1 aromatic heterocycles. The van der Waals surface area contributed by atoms with Gasteiger partial charge < -0.3 is 19.7 Å². The van der Waals surface area contributed by atoms with Gasteiger partial charge in [-0.25, -0.2) is 0 Å². The third kappa shape index (κ3) is 3.37. The van der Waals surface area contributed by atoms with Crippen LogP contribution in [0.5, 0.6) is 0 Å². The minimum absolute atomic E-state index is 0.282. The van der Waals surface area contributed by atoms with E-state index in [4.69, 9.17) is 19.7 Å². The fourth-order valence-corrected chi connectivity index (χ4v) is 2.76. The molecule has 1 aliphatic carbocycles. The number of aromatic nitrogens is 2. The van der Waals surface area contributed by atoms with Gasteiger partial charge in [-0.05, 0) is 19.3 Å². The summed E-state index contributed by atoms with van der Waals surface area (Å²) in [6.07, 6.45) is 7.29. The predicted molar refractivity (Wildman–Crippen MR) is 74.1 cm³/mol. The van der Waals surface area contributed by atoms with E-state index in [2.05, 4.69) is 10.1 Å². The molecule has 20 heavy (non-hydrogen) atoms. The molecule has 114 valence electrons. The summed E-state index contributed by atoms with van der Waals surface area (Å²) >= 11 is 0. The molecule has 1 fully saturated rings. The summed E-state index contributed by atoms with van der Waals surface area (Å²) in [5.74, 6) is 1.11. The van der Waals surface area contributed by atoms with Gasteiger partial charge in [-0.1, -0.05) is 30.8 Å². The Morgan fingerprint density at radius 3 is 2.55 bits per heavy atom. The van der Waals surface area contributed by atoms with Crippen LogP contribution in [0.15, 0.2) is 4.52 Å². The summed E-state index contributed by atoms with van der Waals surface area (Å²) in [6, 6.07) is -0.282. The first kappa shape index (κ1) is 15.4. The summed E-state index contributed by atoms with van der Waals surface area (Å²) in [6.45, 7) is 0.578. The second-order valence-electron chi connectivity index (χ2n) is 5.46. The van der Waals surface area contributed by atoms with Crippen LogP contribution in [-0.4, -0.2) is 31.0 Å². The van der Waals surface area contributed by atoms with Gasteiger partial charge >= 0.3 is 0 Å². The fraction of sp³-hybridized carbons (Fsp3) is 0.857. The molecule has 0 bridgehead atoms. The molecule has 1 unspecified atom stereocenters. The van der Waals surface area contributed by atoms with Crippen LogP contribution in [0.1, 0.15) is 62.7 Å². The summed E-state index contributed by atoms with van der Waals surface area (Å²) in [4.78, 5) is 4.49. The molecule has 1 saturated carbocycles. The van der Waals surface area contributed by atoms with Crippen molar-refractivity contribution in [3.8, 4) is 0 Å². The van der Waals surface area contributed by atoms with Gasteiger partial charge in [-0.15, -0.1) is 0 Å². The molecule has 1 atom stereocenters. The summed E-state index contributed by atoms with van der Waals surface area (Å²) in [5.41, 5.74) is 5.62. The number of methoxy groups -OCH3 is 2. The average Bonchev–Trinajstić information content (AvgIpc) is 2.85. The number of hydrogen-bond donors (Lipinski definition) is 1. The van der Waals surface area contributed by atoms with Crippen LogP contribution < -0.4 is 5.73 Å². The Bertz CT molecular complexity index is 400. The van der Waals surface area contributed by atoms with E-state index in [0.717, 1.165) is 25.7 Å². The summed E-state index contributed by atoms with van der Waals surface area (Å²) < 4.78 is 16.1. The summed E-state index contributed by atoms with van der Waals surface area (Å²) in [5, 5.41) is 4.12. The zero-order valence-corrected chi connectivity index (χ0v) is 12.4. The molecule has 1 aliphatic rings. The smallest absolute Gasteiger partial charge is 0.243 e. The molecule has 0 radical (unpaired) electrons. The van der Waals surface area contributed by atoms with Crippen LogP contribution in [0, 0.1) is 0 Å². The maximum Gasteiger partial charge on any atom is 0.243 e. The number of hydrogen-bond acceptors (Lipinski definition) is 6. The monoisotopic (exact) mass is 283 g/mol. The molecular weight excluding hydrogens is 258 g/mol. The third-order valence-electron chi connectivity index (χ3n) is 4.10. The van der Waals surface area contributed by atoms with Crippen LogP contribution in [0.4, 0.5) is 0 Å². The zero-order valence-electron chi connectivity index (χ0n) is 12.4. The van der Waals surface area contributed by atoms with Crippen molar-refractivity contribution in [3.63, 3.8) is 0 Å².